The van der Waals surface area contributed by atoms with E-state index in [1.165, 1.54) is 12.1 Å². The zero-order chi connectivity index (χ0) is 53.2. The van der Waals surface area contributed by atoms with E-state index < -0.39 is 160 Å². The second-order valence-corrected chi connectivity index (χ2v) is 16.5. The highest BCUT2D eigenvalue weighted by Gasteiger charge is 2.43. The van der Waals surface area contributed by atoms with E-state index in [-0.39, 0.29) is 11.4 Å². The molecule has 11 rings (SSSR count). The fraction of sp³-hybridized carbons (Fsp3) is 0.0182. The molecule has 75 heavy (non-hydrogen) atoms. The average Bonchev–Trinajstić information content (AvgIpc) is 4.31. The Labute approximate surface area is 411 Å². The number of allylic oxidation sites excluding steroid dienone is 2. The lowest BCUT2D eigenvalue weighted by atomic mass is 9.69. The van der Waals surface area contributed by atoms with Gasteiger partial charge in [-0.3, -0.25) is 4.98 Å². The molecule has 0 atom stereocenters. The number of aliphatic imine (C=N–C) groups is 1. The monoisotopic (exact) mass is 1040 g/mol. The van der Waals surface area contributed by atoms with Crippen molar-refractivity contribution in [3.8, 4) is 0 Å². The summed E-state index contributed by atoms with van der Waals surface area (Å²) in [6.45, 7) is 0. The SMILES string of the molecule is Fc1c(F)c(F)c(/C2=C3\C=CC(=N3)/C(c3c(F)c(F)c(F)c(F)c3F)=c3/cc/c([nH]3)=C(\c3c(F)c(F)c(F)c(F)c3F)c3ccc([nH]3)C(c3ccccc3)(c3ccccc3)c3ccc2[nH]3)c(F)c1F.c1ccncc1. The van der Waals surface area contributed by atoms with Crippen molar-refractivity contribution < 1.29 is 65.9 Å². The topological polar surface area (TPSA) is 72.6 Å². The largest absolute Gasteiger partial charge is 0.357 e. The molecule has 2 aliphatic heterocycles. The van der Waals surface area contributed by atoms with Crippen LogP contribution >= 0.6 is 0 Å². The number of halogens is 15. The van der Waals surface area contributed by atoms with Crippen LogP contribution in [0.1, 0.15) is 50.6 Å². The lowest BCUT2D eigenvalue weighted by Crippen LogP contribution is -2.32. The van der Waals surface area contributed by atoms with Crippen LogP contribution in [0.4, 0.5) is 65.9 Å². The fourth-order valence-corrected chi connectivity index (χ4v) is 9.16. The van der Waals surface area contributed by atoms with E-state index in [4.69, 9.17) is 0 Å². The minimum Gasteiger partial charge on any atom is -0.357 e. The zero-order valence-electron chi connectivity index (χ0n) is 37.3. The van der Waals surface area contributed by atoms with Crippen LogP contribution in [-0.4, -0.2) is 25.6 Å². The number of nitrogens with one attached hydrogen (secondary N) is 3. The van der Waals surface area contributed by atoms with E-state index in [9.17, 15) is 13.2 Å². The van der Waals surface area contributed by atoms with E-state index in [1.807, 2.05) is 18.2 Å². The van der Waals surface area contributed by atoms with Gasteiger partial charge in [-0.05, 0) is 71.8 Å². The molecule has 9 aromatic rings. The number of benzene rings is 5. The highest BCUT2D eigenvalue weighted by molar-refractivity contribution is 6.30. The molecule has 8 bridgehead atoms. The molecule has 4 aromatic heterocycles. The van der Waals surface area contributed by atoms with Crippen molar-refractivity contribution in [1.29, 1.82) is 0 Å². The minimum atomic E-state index is -2.61. The van der Waals surface area contributed by atoms with Gasteiger partial charge in [-0.2, -0.15) is 0 Å². The first-order chi connectivity index (χ1) is 36.0. The summed E-state index contributed by atoms with van der Waals surface area (Å²) in [6, 6.07) is 28.7. The molecule has 0 radical (unpaired) electrons. The molecule has 6 heterocycles. The summed E-state index contributed by atoms with van der Waals surface area (Å²) >= 11 is 0. The molecule has 0 saturated carbocycles. The van der Waals surface area contributed by atoms with Gasteiger partial charge >= 0.3 is 0 Å². The van der Waals surface area contributed by atoms with Crippen molar-refractivity contribution in [2.75, 3.05) is 0 Å². The Bertz CT molecular complexity index is 3860. The molecular formula is C55H26F15N5. The van der Waals surface area contributed by atoms with Gasteiger partial charge in [0.15, 0.2) is 69.8 Å². The summed E-state index contributed by atoms with van der Waals surface area (Å²) < 4.78 is 231. The first-order valence-electron chi connectivity index (χ1n) is 21.8. The molecule has 5 nitrogen and oxygen atoms in total. The number of aromatic amines is 3. The quantitative estimate of drug-likeness (QED) is 0.0897. The van der Waals surface area contributed by atoms with Gasteiger partial charge in [-0.15, -0.1) is 0 Å². The molecule has 376 valence electrons. The Morgan fingerprint density at radius 2 is 0.680 bits per heavy atom. The Morgan fingerprint density at radius 1 is 0.320 bits per heavy atom. The third-order valence-electron chi connectivity index (χ3n) is 12.5. The van der Waals surface area contributed by atoms with Crippen molar-refractivity contribution >= 4 is 22.4 Å². The highest BCUT2D eigenvalue weighted by Crippen LogP contribution is 2.47. The molecule has 0 saturated heterocycles. The Hall–Kier alpha value is -9.07. The molecule has 0 aliphatic carbocycles. The van der Waals surface area contributed by atoms with Crippen LogP contribution in [0, 0.1) is 87.3 Å². The fourth-order valence-electron chi connectivity index (χ4n) is 9.16. The number of rotatable bonds is 5. The van der Waals surface area contributed by atoms with Crippen LogP contribution in [0.3, 0.4) is 0 Å². The number of H-pyrrole nitrogens is 3. The number of hydrogen-bond acceptors (Lipinski definition) is 2. The second kappa shape index (κ2) is 19.1. The maximum atomic E-state index is 16.1. The lowest BCUT2D eigenvalue weighted by Gasteiger charge is -2.34. The molecule has 0 spiro atoms. The van der Waals surface area contributed by atoms with Gasteiger partial charge in [-0.25, -0.2) is 70.8 Å². The Balaban J connectivity index is 0.000000999. The van der Waals surface area contributed by atoms with Gasteiger partial charge < -0.3 is 15.0 Å². The maximum absolute atomic E-state index is 16.1. The number of aromatic nitrogens is 4. The molecule has 20 heteroatoms. The number of hydrogen-bond donors (Lipinski definition) is 3. The van der Waals surface area contributed by atoms with Crippen LogP contribution in [-0.2, 0) is 5.41 Å². The molecule has 5 aromatic carbocycles. The molecule has 3 N–H and O–H groups in total. The van der Waals surface area contributed by atoms with Crippen molar-refractivity contribution in [1.82, 2.24) is 19.9 Å². The maximum Gasteiger partial charge on any atom is 0.200 e. The molecule has 0 amide bonds. The standard InChI is InChI=1S/C50H21F15N4.C5H5N/c51-35-32(36(52)42(58)47(63)41(35)57)29-21-11-13-23(66-21)30(33-37(53)43(59)48(64)44(60)38(33)54)25-15-17-27(68-25)50(19-7-3-1-4-8-19,20-9-5-2-6-10-20)28-18-16-26(69-28)31(24-14-12-22(29)67-24)34-39(55)45(61)49(65)46(62)40(34)56;1-2-4-6-5-3-1/h1-18,66,68-69H;1-5H/b29-21+,30-23+,31-24+;. The number of pyridine rings is 1. The van der Waals surface area contributed by atoms with Gasteiger partial charge in [-0.1, -0.05) is 66.7 Å². The van der Waals surface area contributed by atoms with Gasteiger partial charge in [0, 0.05) is 62.6 Å². The van der Waals surface area contributed by atoms with Crippen LogP contribution in [0.25, 0.3) is 16.7 Å². The Kier molecular flexibility index (Phi) is 12.6. The van der Waals surface area contributed by atoms with Gasteiger partial charge in [0.25, 0.3) is 0 Å². The summed E-state index contributed by atoms with van der Waals surface area (Å²) in [5, 5.41) is -1.33. The highest BCUT2D eigenvalue weighted by atomic mass is 19.2. The first kappa shape index (κ1) is 49.5. The molecule has 2 aliphatic rings. The normalized spacial score (nSPS) is 16.2. The van der Waals surface area contributed by atoms with Crippen molar-refractivity contribution in [2.24, 2.45) is 4.99 Å². The lowest BCUT2D eigenvalue weighted by molar-refractivity contribution is 0.376. The zero-order valence-corrected chi connectivity index (χ0v) is 37.3. The van der Waals surface area contributed by atoms with E-state index in [0.29, 0.717) is 11.1 Å². The molecule has 0 unspecified atom stereocenters. The van der Waals surface area contributed by atoms with Crippen molar-refractivity contribution in [2.45, 2.75) is 5.41 Å². The predicted molar refractivity (Wildman–Crippen MR) is 243 cm³/mol. The smallest absolute Gasteiger partial charge is 0.200 e. The number of nitrogens with zero attached hydrogens (tertiary/aromatic N) is 2. The van der Waals surface area contributed by atoms with Crippen molar-refractivity contribution in [3.63, 3.8) is 0 Å². The first-order valence-corrected chi connectivity index (χ1v) is 21.8. The van der Waals surface area contributed by atoms with E-state index in [0.717, 1.165) is 36.4 Å². The second-order valence-electron chi connectivity index (χ2n) is 16.5. The van der Waals surface area contributed by atoms with Crippen molar-refractivity contribution in [3.05, 3.63) is 294 Å². The average molecular weight is 1040 g/mol. The number of fused-ring (bicyclic) bond motifs is 7. The molecular weight excluding hydrogens is 1020 g/mol. The summed E-state index contributed by atoms with van der Waals surface area (Å²) in [5.74, 6) is -36.6. The third kappa shape index (κ3) is 7.85. The summed E-state index contributed by atoms with van der Waals surface area (Å²) in [6.07, 6.45) is 5.18. The predicted octanol–water partition coefficient (Wildman–Crippen LogP) is 12.5. The van der Waals surface area contributed by atoms with Crippen LogP contribution in [0.15, 0.2) is 150 Å². The summed E-state index contributed by atoms with van der Waals surface area (Å²) in [4.78, 5) is 16.5. The van der Waals surface area contributed by atoms with E-state index in [2.05, 4.69) is 24.9 Å². The van der Waals surface area contributed by atoms with E-state index >= 15 is 52.7 Å². The summed E-state index contributed by atoms with van der Waals surface area (Å²) in [5.41, 5.74) is -11.0. The Morgan fingerprint density at radius 3 is 1.08 bits per heavy atom. The van der Waals surface area contributed by atoms with Crippen LogP contribution in [0.5, 0.6) is 0 Å². The van der Waals surface area contributed by atoms with Gasteiger partial charge in [0.1, 0.15) is 5.41 Å². The minimum absolute atomic E-state index is 0.0251. The van der Waals surface area contributed by atoms with E-state index in [1.54, 1.807) is 73.1 Å². The van der Waals surface area contributed by atoms with Gasteiger partial charge in [0.2, 0.25) is 17.5 Å². The third-order valence-corrected chi connectivity index (χ3v) is 12.5. The van der Waals surface area contributed by atoms with Crippen LogP contribution < -0.4 is 10.7 Å². The van der Waals surface area contributed by atoms with Crippen LogP contribution in [0.2, 0.25) is 0 Å². The van der Waals surface area contributed by atoms with Gasteiger partial charge in [0.05, 0.1) is 28.1 Å². The summed E-state index contributed by atoms with van der Waals surface area (Å²) in [7, 11) is 0. The molecule has 0 fully saturated rings.